The number of hydrogen-bond acceptors (Lipinski definition) is 4. The third-order valence-corrected chi connectivity index (χ3v) is 5.06. The molecular formula is C22H21N3O. The minimum atomic E-state index is 0.0181. The third kappa shape index (κ3) is 3.16. The number of aryl methyl sites for hydroxylation is 2. The van der Waals surface area contributed by atoms with Gasteiger partial charge >= 0.3 is 0 Å². The lowest BCUT2D eigenvalue weighted by Gasteiger charge is -2.24. The Morgan fingerprint density at radius 1 is 1.27 bits per heavy atom. The van der Waals surface area contributed by atoms with Crippen LogP contribution in [-0.4, -0.2) is 16.1 Å². The lowest BCUT2D eigenvalue weighted by molar-refractivity contribution is 0.186. The summed E-state index contributed by atoms with van der Waals surface area (Å²) in [6, 6.07) is 6.40. The lowest BCUT2D eigenvalue weighted by atomic mass is 9.87. The molecule has 26 heavy (non-hydrogen) atoms. The number of nitrogens with zero attached hydrogens (tertiary/aromatic N) is 3. The normalized spacial score (nSPS) is 18.2. The summed E-state index contributed by atoms with van der Waals surface area (Å²) in [4.78, 5) is 9.08. The first-order valence-corrected chi connectivity index (χ1v) is 9.27. The quantitative estimate of drug-likeness (QED) is 0.786. The minimum Gasteiger partial charge on any atom is -0.472 e. The number of pyridine rings is 2. The van der Waals surface area contributed by atoms with E-state index in [4.69, 9.17) is 9.72 Å². The van der Waals surface area contributed by atoms with Gasteiger partial charge in [-0.15, -0.1) is 5.92 Å². The van der Waals surface area contributed by atoms with Crippen molar-refractivity contribution in [3.05, 3.63) is 40.8 Å². The van der Waals surface area contributed by atoms with Crippen molar-refractivity contribution < 1.29 is 4.74 Å². The van der Waals surface area contributed by atoms with E-state index in [1.165, 1.54) is 5.56 Å². The summed E-state index contributed by atoms with van der Waals surface area (Å²) in [5, 5.41) is 9.95. The molecule has 2 aliphatic carbocycles. The maximum atomic E-state index is 9.95. The van der Waals surface area contributed by atoms with Crippen LogP contribution in [0.5, 0.6) is 5.88 Å². The molecule has 0 saturated carbocycles. The van der Waals surface area contributed by atoms with Crippen molar-refractivity contribution in [3.63, 3.8) is 0 Å². The highest BCUT2D eigenvalue weighted by molar-refractivity contribution is 5.77. The number of nitriles is 1. The van der Waals surface area contributed by atoms with E-state index in [1.807, 2.05) is 19.1 Å². The van der Waals surface area contributed by atoms with Gasteiger partial charge < -0.3 is 4.74 Å². The van der Waals surface area contributed by atoms with Gasteiger partial charge in [-0.25, -0.2) is 4.98 Å². The molecule has 0 radical (unpaired) electrons. The Hall–Kier alpha value is -2.85. The molecule has 1 atom stereocenters. The predicted octanol–water partition coefficient (Wildman–Crippen LogP) is 4.14. The van der Waals surface area contributed by atoms with Crippen molar-refractivity contribution >= 4 is 0 Å². The Kier molecular flexibility index (Phi) is 4.59. The Balaban J connectivity index is 1.86. The summed E-state index contributed by atoms with van der Waals surface area (Å²) >= 11 is 0. The van der Waals surface area contributed by atoms with E-state index in [9.17, 15) is 5.26 Å². The Morgan fingerprint density at radius 3 is 2.92 bits per heavy atom. The molecule has 0 aliphatic heterocycles. The summed E-state index contributed by atoms with van der Waals surface area (Å²) < 4.78 is 6.18. The predicted molar refractivity (Wildman–Crippen MR) is 99.6 cm³/mol. The molecule has 4 heteroatoms. The van der Waals surface area contributed by atoms with Crippen molar-refractivity contribution in [2.45, 2.75) is 58.0 Å². The standard InChI is InChI=1S/C22H21N3O/c1-15-13-16(11-12-24-15)21-18-9-5-6-10-20(18)25-22(19(21)14-23)26-17-7-3-2-4-8-17/h11-13,17H,3,5-10H2,1H3/t17-/m0/s1. The van der Waals surface area contributed by atoms with Gasteiger partial charge in [0.15, 0.2) is 0 Å². The maximum absolute atomic E-state index is 9.95. The molecule has 0 N–H and O–H groups in total. The van der Waals surface area contributed by atoms with Gasteiger partial charge in [-0.05, 0) is 62.3 Å². The number of rotatable bonds is 3. The average Bonchev–Trinajstić information content (AvgIpc) is 2.67. The molecule has 0 aromatic carbocycles. The van der Waals surface area contributed by atoms with Gasteiger partial charge in [0.1, 0.15) is 17.7 Å². The number of ether oxygens (including phenoxy) is 1. The lowest BCUT2D eigenvalue weighted by Crippen LogP contribution is -2.20. The smallest absolute Gasteiger partial charge is 0.232 e. The van der Waals surface area contributed by atoms with Crippen molar-refractivity contribution in [3.8, 4) is 34.9 Å². The molecule has 4 rings (SSSR count). The molecule has 2 aromatic heterocycles. The number of hydrogen-bond donors (Lipinski definition) is 0. The van der Waals surface area contributed by atoms with Crippen LogP contribution in [0.2, 0.25) is 0 Å². The second-order valence-corrected chi connectivity index (χ2v) is 6.93. The zero-order valence-electron chi connectivity index (χ0n) is 15.0. The summed E-state index contributed by atoms with van der Waals surface area (Å²) in [5.41, 5.74) is 5.79. The fourth-order valence-electron chi connectivity index (χ4n) is 3.80. The van der Waals surface area contributed by atoms with Crippen molar-refractivity contribution in [2.24, 2.45) is 0 Å². The average molecular weight is 343 g/mol. The van der Waals surface area contributed by atoms with E-state index in [1.54, 1.807) is 6.20 Å². The molecule has 2 aromatic rings. The topological polar surface area (TPSA) is 58.8 Å². The summed E-state index contributed by atoms with van der Waals surface area (Å²) in [6.07, 6.45) is 8.43. The van der Waals surface area contributed by atoms with E-state index in [0.29, 0.717) is 17.9 Å². The molecule has 2 heterocycles. The van der Waals surface area contributed by atoms with Gasteiger partial charge in [0.05, 0.1) is 0 Å². The second-order valence-electron chi connectivity index (χ2n) is 6.93. The van der Waals surface area contributed by atoms with Gasteiger partial charge in [-0.2, -0.15) is 5.26 Å². The van der Waals surface area contributed by atoms with E-state index in [0.717, 1.165) is 61.0 Å². The Labute approximate surface area is 154 Å². The van der Waals surface area contributed by atoms with Crippen LogP contribution in [0.25, 0.3) is 11.1 Å². The highest BCUT2D eigenvalue weighted by Gasteiger charge is 2.25. The van der Waals surface area contributed by atoms with Crippen LogP contribution < -0.4 is 4.74 Å². The van der Waals surface area contributed by atoms with E-state index in [2.05, 4.69) is 22.9 Å². The fraction of sp³-hybridized carbons (Fsp3) is 0.409. The first-order valence-electron chi connectivity index (χ1n) is 9.27. The number of fused-ring (bicyclic) bond motifs is 1. The SMILES string of the molecule is Cc1cc(-c2c(C#N)c(O[C@@H]3CC#CCC3)nc3c2CCCC3)ccn1. The molecule has 0 saturated heterocycles. The molecule has 0 unspecified atom stereocenters. The van der Waals surface area contributed by atoms with E-state index in [-0.39, 0.29) is 6.10 Å². The summed E-state index contributed by atoms with van der Waals surface area (Å²) in [5.74, 6) is 6.69. The number of aromatic nitrogens is 2. The van der Waals surface area contributed by atoms with Crippen LogP contribution in [-0.2, 0) is 12.8 Å². The zero-order chi connectivity index (χ0) is 17.9. The van der Waals surface area contributed by atoms with Crippen LogP contribution in [0.3, 0.4) is 0 Å². The van der Waals surface area contributed by atoms with Gasteiger partial charge in [-0.1, -0.05) is 5.92 Å². The van der Waals surface area contributed by atoms with Gasteiger partial charge in [-0.3, -0.25) is 4.98 Å². The first kappa shape index (κ1) is 16.6. The molecule has 2 aliphatic rings. The molecule has 0 bridgehead atoms. The van der Waals surface area contributed by atoms with E-state index < -0.39 is 0 Å². The van der Waals surface area contributed by atoms with Gasteiger partial charge in [0.25, 0.3) is 0 Å². The highest BCUT2D eigenvalue weighted by Crippen LogP contribution is 2.38. The van der Waals surface area contributed by atoms with E-state index >= 15 is 0 Å². The minimum absolute atomic E-state index is 0.0181. The van der Waals surface area contributed by atoms with Gasteiger partial charge in [0.2, 0.25) is 5.88 Å². The molecule has 130 valence electrons. The van der Waals surface area contributed by atoms with Crippen LogP contribution in [0.1, 0.15) is 54.6 Å². The molecular weight excluding hydrogens is 322 g/mol. The fourth-order valence-corrected chi connectivity index (χ4v) is 3.80. The van der Waals surface area contributed by atoms with Crippen LogP contribution in [0.15, 0.2) is 18.3 Å². The van der Waals surface area contributed by atoms with Crippen molar-refractivity contribution in [1.82, 2.24) is 9.97 Å². The third-order valence-electron chi connectivity index (χ3n) is 5.06. The van der Waals surface area contributed by atoms with Crippen LogP contribution in [0, 0.1) is 30.1 Å². The highest BCUT2D eigenvalue weighted by atomic mass is 16.5. The molecule has 0 spiro atoms. The monoisotopic (exact) mass is 343 g/mol. The van der Waals surface area contributed by atoms with Crippen LogP contribution >= 0.6 is 0 Å². The molecule has 4 nitrogen and oxygen atoms in total. The zero-order valence-corrected chi connectivity index (χ0v) is 15.0. The summed E-state index contributed by atoms with van der Waals surface area (Å²) in [6.45, 7) is 1.97. The first-order chi connectivity index (χ1) is 12.8. The maximum Gasteiger partial charge on any atom is 0.232 e. The van der Waals surface area contributed by atoms with Crippen LogP contribution in [0.4, 0.5) is 0 Å². The molecule has 0 amide bonds. The Morgan fingerprint density at radius 2 is 2.15 bits per heavy atom. The largest absolute Gasteiger partial charge is 0.472 e. The second kappa shape index (κ2) is 7.18. The van der Waals surface area contributed by atoms with Gasteiger partial charge in [0, 0.05) is 36.0 Å². The summed E-state index contributed by atoms with van der Waals surface area (Å²) in [7, 11) is 0. The van der Waals surface area contributed by atoms with Crippen molar-refractivity contribution in [1.29, 1.82) is 5.26 Å². The Bertz CT molecular complexity index is 946. The molecule has 0 fully saturated rings. The van der Waals surface area contributed by atoms with Crippen molar-refractivity contribution in [2.75, 3.05) is 0 Å².